The summed E-state index contributed by atoms with van der Waals surface area (Å²) in [7, 11) is 0. The molecule has 1 aromatic rings. The van der Waals surface area contributed by atoms with Crippen molar-refractivity contribution in [2.24, 2.45) is 5.92 Å². The highest BCUT2D eigenvalue weighted by molar-refractivity contribution is 6.30. The molecule has 0 spiro atoms. The molecular formula is C11H11ClN2. The van der Waals surface area contributed by atoms with E-state index < -0.39 is 0 Å². The lowest BCUT2D eigenvalue weighted by Crippen LogP contribution is -2.50. The second-order valence-corrected chi connectivity index (χ2v) is 4.37. The van der Waals surface area contributed by atoms with Crippen LogP contribution in [0.1, 0.15) is 12.0 Å². The Balaban J connectivity index is 1.95. The van der Waals surface area contributed by atoms with Gasteiger partial charge in [-0.3, -0.25) is 4.98 Å². The largest absolute Gasteiger partial charge is 0.309 e. The van der Waals surface area contributed by atoms with Crippen LogP contribution in [0.15, 0.2) is 24.5 Å². The fraction of sp³-hybridized carbons (Fsp3) is 0.364. The van der Waals surface area contributed by atoms with Gasteiger partial charge in [-0.2, -0.15) is 0 Å². The maximum Gasteiger partial charge on any atom is 0.0595 e. The van der Waals surface area contributed by atoms with Crippen LogP contribution in [0.5, 0.6) is 0 Å². The Labute approximate surface area is 88.0 Å². The van der Waals surface area contributed by atoms with Gasteiger partial charge in [0.05, 0.1) is 5.02 Å². The van der Waals surface area contributed by atoms with Crippen LogP contribution < -0.4 is 5.32 Å². The van der Waals surface area contributed by atoms with Crippen molar-refractivity contribution in [1.29, 1.82) is 0 Å². The van der Waals surface area contributed by atoms with E-state index in [1.54, 1.807) is 6.20 Å². The predicted octanol–water partition coefficient (Wildman–Crippen LogP) is 2.11. The van der Waals surface area contributed by atoms with Crippen LogP contribution in [0.25, 0.3) is 5.57 Å². The molecule has 2 nitrogen and oxygen atoms in total. The summed E-state index contributed by atoms with van der Waals surface area (Å²) < 4.78 is 0. The van der Waals surface area contributed by atoms with Crippen molar-refractivity contribution in [2.75, 3.05) is 6.54 Å². The van der Waals surface area contributed by atoms with Gasteiger partial charge in [0.15, 0.2) is 0 Å². The van der Waals surface area contributed by atoms with E-state index in [0.29, 0.717) is 11.1 Å². The van der Waals surface area contributed by atoms with Gasteiger partial charge in [-0.1, -0.05) is 17.7 Å². The van der Waals surface area contributed by atoms with Gasteiger partial charge in [0.1, 0.15) is 0 Å². The van der Waals surface area contributed by atoms with Crippen LogP contribution >= 0.6 is 11.6 Å². The molecule has 0 unspecified atom stereocenters. The van der Waals surface area contributed by atoms with Crippen molar-refractivity contribution in [3.63, 3.8) is 0 Å². The fourth-order valence-electron chi connectivity index (χ4n) is 2.26. The van der Waals surface area contributed by atoms with Gasteiger partial charge in [0.25, 0.3) is 0 Å². The number of pyridine rings is 1. The summed E-state index contributed by atoms with van der Waals surface area (Å²) in [4.78, 5) is 4.11. The first-order valence-corrected chi connectivity index (χ1v) is 5.27. The minimum absolute atomic E-state index is 0.551. The summed E-state index contributed by atoms with van der Waals surface area (Å²) in [6, 6.07) is 2.54. The number of nitrogens with zero attached hydrogens (tertiary/aromatic N) is 1. The molecule has 3 heteroatoms. The summed E-state index contributed by atoms with van der Waals surface area (Å²) in [6.45, 7) is 1.15. The molecule has 0 radical (unpaired) electrons. The molecule has 0 saturated carbocycles. The van der Waals surface area contributed by atoms with Gasteiger partial charge in [-0.25, -0.2) is 0 Å². The van der Waals surface area contributed by atoms with Crippen molar-refractivity contribution < 1.29 is 0 Å². The zero-order chi connectivity index (χ0) is 9.54. The highest BCUT2D eigenvalue weighted by atomic mass is 35.5. The van der Waals surface area contributed by atoms with Crippen molar-refractivity contribution in [2.45, 2.75) is 12.5 Å². The second-order valence-electron chi connectivity index (χ2n) is 3.93. The summed E-state index contributed by atoms with van der Waals surface area (Å²) in [5.41, 5.74) is 2.54. The fourth-order valence-corrected chi connectivity index (χ4v) is 2.43. The maximum absolute atomic E-state index is 5.92. The number of rotatable bonds is 1. The molecule has 2 heterocycles. The average molecular weight is 207 g/mol. The molecule has 2 aliphatic rings. The first-order chi connectivity index (χ1) is 6.84. The van der Waals surface area contributed by atoms with E-state index in [-0.39, 0.29) is 0 Å². The van der Waals surface area contributed by atoms with E-state index in [1.807, 2.05) is 12.3 Å². The lowest BCUT2D eigenvalue weighted by molar-refractivity contribution is 0.307. The van der Waals surface area contributed by atoms with Crippen LogP contribution in [0.3, 0.4) is 0 Å². The maximum atomic E-state index is 5.92. The zero-order valence-corrected chi connectivity index (χ0v) is 8.46. The Morgan fingerprint density at radius 2 is 2.36 bits per heavy atom. The Morgan fingerprint density at radius 1 is 1.43 bits per heavy atom. The lowest BCUT2D eigenvalue weighted by atomic mass is 9.89. The molecule has 1 aliphatic heterocycles. The van der Waals surface area contributed by atoms with Gasteiger partial charge in [-0.05, 0) is 29.5 Å². The van der Waals surface area contributed by atoms with Crippen LogP contribution in [-0.2, 0) is 0 Å². The van der Waals surface area contributed by atoms with Crippen molar-refractivity contribution in [3.05, 3.63) is 35.1 Å². The van der Waals surface area contributed by atoms with Gasteiger partial charge < -0.3 is 5.32 Å². The van der Waals surface area contributed by atoms with E-state index in [1.165, 1.54) is 12.0 Å². The van der Waals surface area contributed by atoms with Crippen LogP contribution in [0, 0.1) is 5.92 Å². The third-order valence-corrected chi connectivity index (χ3v) is 3.29. The lowest BCUT2D eigenvalue weighted by Gasteiger charge is -2.34. The third kappa shape index (κ3) is 1.18. The van der Waals surface area contributed by atoms with Gasteiger partial charge >= 0.3 is 0 Å². The zero-order valence-electron chi connectivity index (χ0n) is 7.70. The SMILES string of the molecule is Clc1cncc(C2=CC[C@H]3CN[C@@H]23)c1. The summed E-state index contributed by atoms with van der Waals surface area (Å²) in [5.74, 6) is 0.809. The number of hydrogen-bond donors (Lipinski definition) is 1. The molecule has 1 N–H and O–H groups in total. The summed E-state index contributed by atoms with van der Waals surface area (Å²) >= 11 is 5.92. The van der Waals surface area contributed by atoms with Crippen LogP contribution in [-0.4, -0.2) is 17.6 Å². The molecule has 0 bridgehead atoms. The predicted molar refractivity (Wildman–Crippen MR) is 57.1 cm³/mol. The Kier molecular flexibility index (Phi) is 1.85. The average Bonchev–Trinajstić information content (AvgIpc) is 2.41. The Hall–Kier alpha value is -0.860. The number of aromatic nitrogens is 1. The van der Waals surface area contributed by atoms with E-state index >= 15 is 0 Å². The van der Waals surface area contributed by atoms with Crippen LogP contribution in [0.4, 0.5) is 0 Å². The molecule has 1 aromatic heterocycles. The standard InChI is InChI=1S/C11H11ClN2/c12-9-3-8(4-13-6-9)10-2-1-7-5-14-11(7)10/h2-4,6-7,11,14H,1,5H2/t7-,11+/m0/s1. The highest BCUT2D eigenvalue weighted by Crippen LogP contribution is 2.37. The first kappa shape index (κ1) is 8.45. The van der Waals surface area contributed by atoms with Gasteiger partial charge in [0.2, 0.25) is 0 Å². The molecule has 0 amide bonds. The molecule has 72 valence electrons. The van der Waals surface area contributed by atoms with E-state index in [2.05, 4.69) is 16.4 Å². The number of hydrogen-bond acceptors (Lipinski definition) is 2. The number of nitrogens with one attached hydrogen (secondary N) is 1. The molecular weight excluding hydrogens is 196 g/mol. The minimum Gasteiger partial charge on any atom is -0.309 e. The number of allylic oxidation sites excluding steroid dienone is 1. The number of halogens is 1. The molecule has 1 fully saturated rings. The summed E-state index contributed by atoms with van der Waals surface area (Å²) in [5, 5.41) is 4.15. The molecule has 2 atom stereocenters. The monoisotopic (exact) mass is 206 g/mol. The molecule has 14 heavy (non-hydrogen) atoms. The van der Waals surface area contributed by atoms with Gasteiger partial charge in [0, 0.05) is 25.0 Å². The van der Waals surface area contributed by atoms with Crippen molar-refractivity contribution >= 4 is 17.2 Å². The first-order valence-electron chi connectivity index (χ1n) is 4.89. The van der Waals surface area contributed by atoms with Crippen molar-refractivity contribution in [1.82, 2.24) is 10.3 Å². The molecule has 3 rings (SSSR count). The normalized spacial score (nSPS) is 29.4. The second kappa shape index (κ2) is 3.07. The Morgan fingerprint density at radius 3 is 3.00 bits per heavy atom. The molecule has 0 aromatic carbocycles. The van der Waals surface area contributed by atoms with E-state index in [9.17, 15) is 0 Å². The molecule has 1 saturated heterocycles. The smallest absolute Gasteiger partial charge is 0.0595 e. The highest BCUT2D eigenvalue weighted by Gasteiger charge is 2.37. The van der Waals surface area contributed by atoms with E-state index in [4.69, 9.17) is 11.6 Å². The van der Waals surface area contributed by atoms with Crippen molar-refractivity contribution in [3.8, 4) is 0 Å². The Bertz CT molecular complexity index is 400. The minimum atomic E-state index is 0.551. The summed E-state index contributed by atoms with van der Waals surface area (Å²) in [6.07, 6.45) is 7.06. The van der Waals surface area contributed by atoms with Gasteiger partial charge in [-0.15, -0.1) is 0 Å². The number of fused-ring (bicyclic) bond motifs is 1. The molecule has 1 aliphatic carbocycles. The topological polar surface area (TPSA) is 24.9 Å². The third-order valence-electron chi connectivity index (χ3n) is 3.09. The quantitative estimate of drug-likeness (QED) is 0.762. The van der Waals surface area contributed by atoms with Crippen LogP contribution in [0.2, 0.25) is 5.02 Å². The van der Waals surface area contributed by atoms with E-state index in [0.717, 1.165) is 18.0 Å².